The molecule has 1 aliphatic rings. The average molecular weight is 383 g/mol. The molecule has 1 aromatic carbocycles. The normalized spacial score (nSPS) is 17.0. The van der Waals surface area contributed by atoms with Crippen LogP contribution in [-0.4, -0.2) is 33.3 Å². The van der Waals surface area contributed by atoms with Crippen LogP contribution < -0.4 is 5.32 Å². The number of nitrogens with one attached hydrogen (secondary N) is 1. The number of carboxylic acid groups (broad SMARTS) is 1. The number of rotatable bonds is 9. The van der Waals surface area contributed by atoms with Crippen molar-refractivity contribution in [2.75, 3.05) is 6.54 Å². The Labute approximate surface area is 166 Å². The molecule has 0 aliphatic heterocycles. The third-order valence-electron chi connectivity index (χ3n) is 5.94. The first kappa shape index (κ1) is 20.1. The summed E-state index contributed by atoms with van der Waals surface area (Å²) in [5.41, 5.74) is 1.11. The Kier molecular flexibility index (Phi) is 5.87. The SMILES string of the molecule is CCC(C)n1ncc(C(=O)NCC(CC)(C(=O)O)c2ccccc2)c1C1CC1. The van der Waals surface area contributed by atoms with Crippen molar-refractivity contribution in [1.82, 2.24) is 15.1 Å². The van der Waals surface area contributed by atoms with Crippen molar-refractivity contribution in [2.24, 2.45) is 0 Å². The number of carboxylic acids is 1. The first-order chi connectivity index (χ1) is 13.4. The summed E-state index contributed by atoms with van der Waals surface area (Å²) < 4.78 is 1.97. The first-order valence-corrected chi connectivity index (χ1v) is 10.1. The molecular formula is C22H29N3O3. The predicted octanol–water partition coefficient (Wildman–Crippen LogP) is 3.89. The highest BCUT2D eigenvalue weighted by Gasteiger charge is 2.40. The van der Waals surface area contributed by atoms with Gasteiger partial charge in [0.15, 0.2) is 0 Å². The van der Waals surface area contributed by atoms with Gasteiger partial charge in [-0.3, -0.25) is 14.3 Å². The van der Waals surface area contributed by atoms with E-state index >= 15 is 0 Å². The number of aromatic nitrogens is 2. The van der Waals surface area contributed by atoms with Gasteiger partial charge in [-0.1, -0.05) is 44.2 Å². The maximum Gasteiger partial charge on any atom is 0.315 e. The lowest BCUT2D eigenvalue weighted by Crippen LogP contribution is -2.46. The largest absolute Gasteiger partial charge is 0.481 e. The molecule has 1 heterocycles. The Morgan fingerprint density at radius 3 is 2.50 bits per heavy atom. The molecule has 1 aliphatic carbocycles. The van der Waals surface area contributed by atoms with Crippen molar-refractivity contribution in [3.63, 3.8) is 0 Å². The molecule has 0 spiro atoms. The van der Waals surface area contributed by atoms with Gasteiger partial charge < -0.3 is 10.4 Å². The molecule has 1 aromatic heterocycles. The van der Waals surface area contributed by atoms with Gasteiger partial charge in [0.1, 0.15) is 5.41 Å². The van der Waals surface area contributed by atoms with Crippen LogP contribution in [0.5, 0.6) is 0 Å². The Morgan fingerprint density at radius 2 is 1.96 bits per heavy atom. The molecule has 2 N–H and O–H groups in total. The summed E-state index contributed by atoms with van der Waals surface area (Å²) in [6.45, 7) is 6.08. The quantitative estimate of drug-likeness (QED) is 0.688. The molecule has 2 aromatic rings. The number of hydrogen-bond donors (Lipinski definition) is 2. The van der Waals surface area contributed by atoms with Gasteiger partial charge in [-0.15, -0.1) is 0 Å². The minimum Gasteiger partial charge on any atom is -0.481 e. The fourth-order valence-electron chi connectivity index (χ4n) is 3.70. The molecule has 3 rings (SSSR count). The van der Waals surface area contributed by atoms with Gasteiger partial charge in [0, 0.05) is 18.5 Å². The predicted molar refractivity (Wildman–Crippen MR) is 108 cm³/mol. The summed E-state index contributed by atoms with van der Waals surface area (Å²) in [4.78, 5) is 25.1. The van der Waals surface area contributed by atoms with Crippen LogP contribution in [0.15, 0.2) is 36.5 Å². The Balaban J connectivity index is 1.85. The number of amides is 1. The fourth-order valence-corrected chi connectivity index (χ4v) is 3.70. The molecule has 1 amide bonds. The van der Waals surface area contributed by atoms with Gasteiger partial charge >= 0.3 is 5.97 Å². The zero-order valence-corrected chi connectivity index (χ0v) is 16.8. The number of aliphatic carboxylic acids is 1. The summed E-state index contributed by atoms with van der Waals surface area (Å²) in [5.74, 6) is -0.799. The van der Waals surface area contributed by atoms with Crippen LogP contribution in [0.3, 0.4) is 0 Å². The van der Waals surface area contributed by atoms with Crippen molar-refractivity contribution in [3.8, 4) is 0 Å². The summed E-state index contributed by atoms with van der Waals surface area (Å²) >= 11 is 0. The zero-order valence-electron chi connectivity index (χ0n) is 16.8. The zero-order chi connectivity index (χ0) is 20.3. The molecule has 1 fully saturated rings. The van der Waals surface area contributed by atoms with Crippen molar-refractivity contribution in [1.29, 1.82) is 0 Å². The van der Waals surface area contributed by atoms with E-state index in [0.717, 1.165) is 25.0 Å². The van der Waals surface area contributed by atoms with Gasteiger partial charge in [-0.2, -0.15) is 5.10 Å². The van der Waals surface area contributed by atoms with Crippen LogP contribution >= 0.6 is 0 Å². The molecule has 28 heavy (non-hydrogen) atoms. The van der Waals surface area contributed by atoms with Gasteiger partial charge in [-0.05, 0) is 38.2 Å². The van der Waals surface area contributed by atoms with Crippen LogP contribution in [0, 0.1) is 0 Å². The third kappa shape index (κ3) is 3.68. The highest BCUT2D eigenvalue weighted by Crippen LogP contribution is 2.42. The van der Waals surface area contributed by atoms with Crippen LogP contribution in [0.25, 0.3) is 0 Å². The van der Waals surface area contributed by atoms with E-state index in [1.807, 2.05) is 29.8 Å². The molecule has 0 saturated heterocycles. The smallest absolute Gasteiger partial charge is 0.315 e. The van der Waals surface area contributed by atoms with Gasteiger partial charge in [0.2, 0.25) is 0 Å². The number of nitrogens with zero attached hydrogens (tertiary/aromatic N) is 2. The second-order valence-electron chi connectivity index (χ2n) is 7.71. The van der Waals surface area contributed by atoms with Crippen LogP contribution in [0.1, 0.15) is 80.0 Å². The minimum absolute atomic E-state index is 0.0420. The molecule has 2 unspecified atom stereocenters. The van der Waals surface area contributed by atoms with Gasteiger partial charge in [0.25, 0.3) is 5.91 Å². The highest BCUT2D eigenvalue weighted by atomic mass is 16.4. The van der Waals surface area contributed by atoms with Crippen molar-refractivity contribution >= 4 is 11.9 Å². The third-order valence-corrected chi connectivity index (χ3v) is 5.94. The monoisotopic (exact) mass is 383 g/mol. The topological polar surface area (TPSA) is 84.2 Å². The maximum atomic E-state index is 13.0. The maximum absolute atomic E-state index is 13.0. The lowest BCUT2D eigenvalue weighted by Gasteiger charge is -2.29. The van der Waals surface area contributed by atoms with E-state index < -0.39 is 11.4 Å². The Hall–Kier alpha value is -2.63. The highest BCUT2D eigenvalue weighted by molar-refractivity contribution is 5.96. The molecule has 150 valence electrons. The molecule has 6 nitrogen and oxygen atoms in total. The second kappa shape index (κ2) is 8.17. The van der Waals surface area contributed by atoms with E-state index in [0.29, 0.717) is 23.5 Å². The fraction of sp³-hybridized carbons (Fsp3) is 0.500. The van der Waals surface area contributed by atoms with Crippen LogP contribution in [0.2, 0.25) is 0 Å². The minimum atomic E-state index is -1.15. The van der Waals surface area contributed by atoms with E-state index in [1.165, 1.54) is 0 Å². The van der Waals surface area contributed by atoms with E-state index in [9.17, 15) is 14.7 Å². The molecule has 2 atom stereocenters. The van der Waals surface area contributed by atoms with Crippen LogP contribution in [0.4, 0.5) is 0 Å². The molecule has 0 bridgehead atoms. The number of benzene rings is 1. The van der Waals surface area contributed by atoms with E-state index in [4.69, 9.17) is 0 Å². The van der Waals surface area contributed by atoms with Gasteiger partial charge in [-0.25, -0.2) is 0 Å². The Bertz CT molecular complexity index is 842. The second-order valence-corrected chi connectivity index (χ2v) is 7.71. The van der Waals surface area contributed by atoms with Crippen molar-refractivity contribution in [2.45, 2.75) is 63.8 Å². The average Bonchev–Trinajstić information content (AvgIpc) is 3.46. The first-order valence-electron chi connectivity index (χ1n) is 10.1. The van der Waals surface area contributed by atoms with E-state index in [2.05, 4.69) is 24.3 Å². The number of carbonyl (C=O) groups is 2. The summed E-state index contributed by atoms with van der Waals surface area (Å²) in [6, 6.07) is 9.35. The summed E-state index contributed by atoms with van der Waals surface area (Å²) in [6.07, 6.45) is 5.09. The lowest BCUT2D eigenvalue weighted by atomic mass is 9.78. The lowest BCUT2D eigenvalue weighted by molar-refractivity contribution is -0.143. The standard InChI is InChI=1S/C22H29N3O3/c1-4-15(3)25-19(16-11-12-16)18(13-24-25)20(26)23-14-22(5-2,21(27)28)17-9-7-6-8-10-17/h6-10,13,15-16H,4-5,11-12,14H2,1-3H3,(H,23,26)(H,27,28). The van der Waals surface area contributed by atoms with E-state index in [-0.39, 0.29) is 18.5 Å². The molecule has 1 saturated carbocycles. The van der Waals surface area contributed by atoms with E-state index in [1.54, 1.807) is 18.3 Å². The van der Waals surface area contributed by atoms with Crippen LogP contribution in [-0.2, 0) is 10.2 Å². The van der Waals surface area contributed by atoms with Crippen molar-refractivity contribution < 1.29 is 14.7 Å². The summed E-state index contributed by atoms with van der Waals surface area (Å²) in [7, 11) is 0. The number of carbonyl (C=O) groups excluding carboxylic acids is 1. The Morgan fingerprint density at radius 1 is 1.29 bits per heavy atom. The molecular weight excluding hydrogens is 354 g/mol. The number of hydrogen-bond acceptors (Lipinski definition) is 3. The summed E-state index contributed by atoms with van der Waals surface area (Å²) in [5, 5.41) is 17.3. The van der Waals surface area contributed by atoms with Crippen molar-refractivity contribution in [3.05, 3.63) is 53.3 Å². The van der Waals surface area contributed by atoms with Gasteiger partial charge in [0.05, 0.1) is 17.5 Å². The molecule has 0 radical (unpaired) electrons. The molecule has 6 heteroatoms.